The van der Waals surface area contributed by atoms with Crippen LogP contribution in [0.4, 0.5) is 13.2 Å². The Kier molecular flexibility index (Phi) is 5.42. The Balaban J connectivity index is 2.04. The van der Waals surface area contributed by atoms with Crippen LogP contribution in [0.15, 0.2) is 17.2 Å². The van der Waals surface area contributed by atoms with Crippen LogP contribution >= 0.6 is 11.3 Å². The van der Waals surface area contributed by atoms with E-state index in [0.29, 0.717) is 23.0 Å². The second-order valence-corrected chi connectivity index (χ2v) is 7.63. The van der Waals surface area contributed by atoms with E-state index in [0.717, 1.165) is 30.2 Å². The number of amides is 1. The van der Waals surface area contributed by atoms with Gasteiger partial charge in [-0.2, -0.15) is 13.2 Å². The largest absolute Gasteiger partial charge is 0.433 e. The number of rotatable bonds is 5. The van der Waals surface area contributed by atoms with Crippen molar-refractivity contribution in [2.24, 2.45) is 0 Å². The van der Waals surface area contributed by atoms with Crippen molar-refractivity contribution in [3.8, 4) is 0 Å². The highest BCUT2D eigenvalue weighted by Crippen LogP contribution is 2.36. The van der Waals surface area contributed by atoms with Crippen molar-refractivity contribution >= 4 is 37.7 Å². The highest BCUT2D eigenvalue weighted by Gasteiger charge is 2.33. The molecule has 3 rings (SSSR count). The van der Waals surface area contributed by atoms with Crippen molar-refractivity contribution < 1.29 is 18.0 Å². The summed E-state index contributed by atoms with van der Waals surface area (Å²) in [5.41, 5.74) is -0.800. The minimum absolute atomic E-state index is 0.107. The fourth-order valence-electron chi connectivity index (χ4n) is 2.89. The highest BCUT2D eigenvalue weighted by atomic mass is 32.1. The zero-order valence-corrected chi connectivity index (χ0v) is 16.4. The Bertz CT molecular complexity index is 1100. The minimum Gasteiger partial charge on any atom is -0.344 e. The quantitative estimate of drug-likeness (QED) is 0.642. The SMILES string of the molecule is CCCCN(C)C(=O)Cn1cnc2c(sc3nc(C(F)(F)F)cc(C)c32)c1=O. The van der Waals surface area contributed by atoms with Crippen LogP contribution in [0.25, 0.3) is 20.4 Å². The number of nitrogens with zero attached hydrogens (tertiary/aromatic N) is 4. The molecule has 3 aromatic rings. The first kappa shape index (κ1) is 20.2. The molecule has 3 heterocycles. The fourth-order valence-corrected chi connectivity index (χ4v) is 4.04. The van der Waals surface area contributed by atoms with E-state index in [4.69, 9.17) is 0 Å². The third-order valence-corrected chi connectivity index (χ3v) is 5.55. The van der Waals surface area contributed by atoms with Crippen LogP contribution in [0.3, 0.4) is 0 Å². The smallest absolute Gasteiger partial charge is 0.344 e. The summed E-state index contributed by atoms with van der Waals surface area (Å²) in [6, 6.07) is 0.952. The Hall–Kier alpha value is -2.49. The van der Waals surface area contributed by atoms with Crippen LogP contribution in [0, 0.1) is 6.92 Å². The summed E-state index contributed by atoms with van der Waals surface area (Å²) >= 11 is 0.864. The second kappa shape index (κ2) is 7.50. The van der Waals surface area contributed by atoms with Gasteiger partial charge in [0.25, 0.3) is 5.56 Å². The van der Waals surface area contributed by atoms with Gasteiger partial charge in [-0.25, -0.2) is 9.97 Å². The number of unbranched alkanes of at least 4 members (excludes halogenated alkanes) is 1. The number of halogens is 3. The molecule has 0 aliphatic heterocycles. The lowest BCUT2D eigenvalue weighted by Crippen LogP contribution is -2.34. The van der Waals surface area contributed by atoms with E-state index in [9.17, 15) is 22.8 Å². The monoisotopic (exact) mass is 412 g/mol. The number of aromatic nitrogens is 3. The van der Waals surface area contributed by atoms with Crippen LogP contribution in [0.5, 0.6) is 0 Å². The molecule has 0 saturated heterocycles. The van der Waals surface area contributed by atoms with Gasteiger partial charge in [0.15, 0.2) is 0 Å². The molecule has 150 valence electrons. The molecule has 0 aliphatic carbocycles. The topological polar surface area (TPSA) is 68.1 Å². The summed E-state index contributed by atoms with van der Waals surface area (Å²) in [6.07, 6.45) is -1.51. The number of carbonyl (C=O) groups excluding carboxylic acids is 1. The van der Waals surface area contributed by atoms with Gasteiger partial charge in [0, 0.05) is 19.0 Å². The van der Waals surface area contributed by atoms with E-state index < -0.39 is 17.4 Å². The van der Waals surface area contributed by atoms with Crippen molar-refractivity contribution in [3.05, 3.63) is 34.0 Å². The summed E-state index contributed by atoms with van der Waals surface area (Å²) in [6.45, 7) is 3.97. The first-order valence-corrected chi connectivity index (χ1v) is 9.55. The maximum absolute atomic E-state index is 13.0. The van der Waals surface area contributed by atoms with Crippen molar-refractivity contribution in [2.45, 2.75) is 39.4 Å². The molecule has 0 aromatic carbocycles. The van der Waals surface area contributed by atoms with E-state index in [2.05, 4.69) is 9.97 Å². The van der Waals surface area contributed by atoms with E-state index in [1.807, 2.05) is 6.92 Å². The Labute approximate surface area is 162 Å². The van der Waals surface area contributed by atoms with Crippen LogP contribution < -0.4 is 5.56 Å². The van der Waals surface area contributed by atoms with Gasteiger partial charge in [-0.1, -0.05) is 13.3 Å². The van der Waals surface area contributed by atoms with Crippen molar-refractivity contribution in [1.82, 2.24) is 19.4 Å². The fraction of sp³-hybridized carbons (Fsp3) is 0.444. The number of fused-ring (bicyclic) bond motifs is 3. The lowest BCUT2D eigenvalue weighted by Gasteiger charge is -2.17. The average molecular weight is 412 g/mol. The molecule has 0 atom stereocenters. The molecule has 0 radical (unpaired) electrons. The number of hydrogen-bond acceptors (Lipinski definition) is 5. The molecular weight excluding hydrogens is 393 g/mol. The molecule has 1 amide bonds. The molecule has 0 N–H and O–H groups in total. The van der Waals surface area contributed by atoms with Gasteiger partial charge in [-0.05, 0) is 25.0 Å². The van der Waals surface area contributed by atoms with Crippen molar-refractivity contribution in [1.29, 1.82) is 0 Å². The predicted octanol–water partition coefficient (Wildman–Crippen LogP) is 3.59. The summed E-state index contributed by atoms with van der Waals surface area (Å²) in [7, 11) is 1.67. The first-order chi connectivity index (χ1) is 13.1. The zero-order chi connectivity index (χ0) is 20.6. The van der Waals surface area contributed by atoms with Crippen molar-refractivity contribution in [3.63, 3.8) is 0 Å². The molecule has 3 aromatic heterocycles. The molecule has 0 unspecified atom stereocenters. The van der Waals surface area contributed by atoms with Gasteiger partial charge in [-0.3, -0.25) is 14.2 Å². The third-order valence-electron chi connectivity index (χ3n) is 4.48. The van der Waals surface area contributed by atoms with Crippen LogP contribution in [-0.2, 0) is 17.5 Å². The summed E-state index contributed by atoms with van der Waals surface area (Å²) in [4.78, 5) is 34.6. The van der Waals surface area contributed by atoms with Gasteiger partial charge in [0.1, 0.15) is 21.8 Å². The van der Waals surface area contributed by atoms with Crippen LogP contribution in [0.1, 0.15) is 31.0 Å². The van der Waals surface area contributed by atoms with Gasteiger partial charge >= 0.3 is 6.18 Å². The maximum Gasteiger partial charge on any atom is 0.433 e. The standard InChI is InChI=1S/C18H19F3N4O2S/c1-4-5-6-24(3)12(26)8-25-9-22-14-13-10(2)7-11(18(19,20)21)23-16(13)28-15(14)17(25)27/h7,9H,4-6,8H2,1-3H3. The Morgan fingerprint density at radius 3 is 2.71 bits per heavy atom. The highest BCUT2D eigenvalue weighted by molar-refractivity contribution is 7.25. The number of alkyl halides is 3. The number of likely N-dealkylation sites (N-methyl/N-ethyl adjacent to an activating group) is 1. The lowest BCUT2D eigenvalue weighted by atomic mass is 10.1. The molecule has 0 bridgehead atoms. The number of carbonyl (C=O) groups is 1. The minimum atomic E-state index is -4.57. The van der Waals surface area contributed by atoms with E-state index in [-0.39, 0.29) is 22.0 Å². The lowest BCUT2D eigenvalue weighted by molar-refractivity contribution is -0.141. The van der Waals surface area contributed by atoms with E-state index in [1.54, 1.807) is 11.9 Å². The van der Waals surface area contributed by atoms with Gasteiger partial charge < -0.3 is 4.90 Å². The second-order valence-electron chi connectivity index (χ2n) is 6.63. The van der Waals surface area contributed by atoms with Crippen molar-refractivity contribution in [2.75, 3.05) is 13.6 Å². The third kappa shape index (κ3) is 3.73. The van der Waals surface area contributed by atoms with Crippen LogP contribution in [-0.4, -0.2) is 38.9 Å². The summed E-state index contributed by atoms with van der Waals surface area (Å²) in [5.74, 6) is -0.230. The molecule has 0 saturated carbocycles. The van der Waals surface area contributed by atoms with Gasteiger partial charge in [0.2, 0.25) is 5.91 Å². The van der Waals surface area contributed by atoms with Gasteiger partial charge in [-0.15, -0.1) is 11.3 Å². The summed E-state index contributed by atoms with van der Waals surface area (Å²) < 4.78 is 40.4. The first-order valence-electron chi connectivity index (χ1n) is 8.74. The van der Waals surface area contributed by atoms with E-state index in [1.165, 1.54) is 17.8 Å². The molecule has 6 nitrogen and oxygen atoms in total. The number of thiophene rings is 1. The normalized spacial score (nSPS) is 12.1. The van der Waals surface area contributed by atoms with E-state index >= 15 is 0 Å². The number of pyridine rings is 1. The predicted molar refractivity (Wildman–Crippen MR) is 101 cm³/mol. The summed E-state index contributed by atoms with van der Waals surface area (Å²) in [5, 5.41) is 0.434. The zero-order valence-electron chi connectivity index (χ0n) is 15.6. The molecule has 0 aliphatic rings. The number of hydrogen-bond donors (Lipinski definition) is 0. The molecular formula is C18H19F3N4O2S. The number of aryl methyl sites for hydroxylation is 1. The molecule has 0 fully saturated rings. The Morgan fingerprint density at radius 2 is 2.07 bits per heavy atom. The average Bonchev–Trinajstić information content (AvgIpc) is 3.01. The maximum atomic E-state index is 13.0. The molecule has 0 spiro atoms. The van der Waals surface area contributed by atoms with Gasteiger partial charge in [0.05, 0.1) is 11.8 Å². The van der Waals surface area contributed by atoms with Crippen LogP contribution in [0.2, 0.25) is 0 Å². The molecule has 10 heteroatoms. The molecule has 28 heavy (non-hydrogen) atoms. The Morgan fingerprint density at radius 1 is 1.36 bits per heavy atom.